The summed E-state index contributed by atoms with van der Waals surface area (Å²) >= 11 is 0. The number of benzene rings is 2. The predicted octanol–water partition coefficient (Wildman–Crippen LogP) is 4.38. The third-order valence-corrected chi connectivity index (χ3v) is 6.28. The van der Waals surface area contributed by atoms with Gasteiger partial charge in [0.2, 0.25) is 5.91 Å². The largest absolute Gasteiger partial charge is 0.497 e. The molecule has 1 aliphatic rings. The van der Waals surface area contributed by atoms with Gasteiger partial charge in [-0.05, 0) is 66.4 Å². The van der Waals surface area contributed by atoms with Gasteiger partial charge in [-0.2, -0.15) is 0 Å². The van der Waals surface area contributed by atoms with Crippen LogP contribution in [0.15, 0.2) is 72.9 Å². The van der Waals surface area contributed by atoms with Gasteiger partial charge in [0.1, 0.15) is 11.2 Å². The normalized spacial score (nSPS) is 18.8. The van der Waals surface area contributed by atoms with Crippen LogP contribution in [-0.2, 0) is 16.8 Å². The van der Waals surface area contributed by atoms with E-state index in [4.69, 9.17) is 4.74 Å². The Kier molecular flexibility index (Phi) is 6.56. The van der Waals surface area contributed by atoms with Crippen molar-refractivity contribution in [2.75, 3.05) is 34.3 Å². The topological polar surface area (TPSA) is 45.7 Å². The van der Waals surface area contributed by atoms with Crippen molar-refractivity contribution in [1.82, 2.24) is 14.8 Å². The summed E-state index contributed by atoms with van der Waals surface area (Å²) in [5.74, 6) is 0.984. The minimum absolute atomic E-state index is 0.131. The van der Waals surface area contributed by atoms with Crippen molar-refractivity contribution >= 4 is 5.91 Å². The Hall–Kier alpha value is -3.18. The minimum atomic E-state index is -0.604. The van der Waals surface area contributed by atoms with E-state index in [0.717, 1.165) is 42.9 Å². The van der Waals surface area contributed by atoms with E-state index in [9.17, 15) is 4.79 Å². The fourth-order valence-corrected chi connectivity index (χ4v) is 4.76. The highest BCUT2D eigenvalue weighted by molar-refractivity contribution is 5.88. The average molecular weight is 430 g/mol. The lowest BCUT2D eigenvalue weighted by Gasteiger charge is -2.42. The summed E-state index contributed by atoms with van der Waals surface area (Å²) in [5.41, 5.74) is 3.80. The van der Waals surface area contributed by atoms with Crippen LogP contribution in [0.3, 0.4) is 0 Å². The molecule has 1 aliphatic heterocycles. The summed E-state index contributed by atoms with van der Waals surface area (Å²) in [4.78, 5) is 22.1. The van der Waals surface area contributed by atoms with Gasteiger partial charge in [-0.3, -0.25) is 14.7 Å². The third kappa shape index (κ3) is 4.53. The number of rotatable bonds is 6. The van der Waals surface area contributed by atoms with Crippen molar-refractivity contribution in [3.05, 3.63) is 84.2 Å². The third-order valence-electron chi connectivity index (χ3n) is 6.28. The lowest BCUT2D eigenvalue weighted by molar-refractivity contribution is -0.137. The van der Waals surface area contributed by atoms with Gasteiger partial charge in [0.25, 0.3) is 0 Å². The smallest absolute Gasteiger partial charge is 0.235 e. The first-order valence-electron chi connectivity index (χ1n) is 11.1. The van der Waals surface area contributed by atoms with E-state index >= 15 is 0 Å². The van der Waals surface area contributed by atoms with E-state index in [-0.39, 0.29) is 5.91 Å². The molecule has 0 N–H and O–H groups in total. The summed E-state index contributed by atoms with van der Waals surface area (Å²) in [6.07, 6.45) is 3.57. The molecular formula is C27H31N3O2. The van der Waals surface area contributed by atoms with E-state index in [1.54, 1.807) is 18.2 Å². The molecule has 1 fully saturated rings. The summed E-state index contributed by atoms with van der Waals surface area (Å²) in [5, 5.41) is 0. The Labute approximate surface area is 190 Å². The fourth-order valence-electron chi connectivity index (χ4n) is 4.76. The molecule has 166 valence electrons. The van der Waals surface area contributed by atoms with E-state index < -0.39 is 5.41 Å². The minimum Gasteiger partial charge on any atom is -0.497 e. The number of hydrogen-bond acceptors (Lipinski definition) is 4. The monoisotopic (exact) mass is 429 g/mol. The van der Waals surface area contributed by atoms with Crippen molar-refractivity contribution in [2.24, 2.45) is 0 Å². The Bertz CT molecular complexity index is 1070. The zero-order valence-corrected chi connectivity index (χ0v) is 19.1. The van der Waals surface area contributed by atoms with Crippen LogP contribution >= 0.6 is 0 Å². The highest BCUT2D eigenvalue weighted by Gasteiger charge is 2.45. The molecule has 1 unspecified atom stereocenters. The second-order valence-corrected chi connectivity index (χ2v) is 8.74. The average Bonchev–Trinajstić information content (AvgIpc) is 2.84. The second-order valence-electron chi connectivity index (χ2n) is 8.74. The van der Waals surface area contributed by atoms with Crippen LogP contribution in [0, 0.1) is 0 Å². The molecule has 0 bridgehead atoms. The summed E-state index contributed by atoms with van der Waals surface area (Å²) in [7, 11) is 5.36. The van der Waals surface area contributed by atoms with Gasteiger partial charge < -0.3 is 9.64 Å². The van der Waals surface area contributed by atoms with Gasteiger partial charge in [0.15, 0.2) is 0 Å². The first-order chi connectivity index (χ1) is 15.5. The molecule has 0 saturated carbocycles. The quantitative estimate of drug-likeness (QED) is 0.583. The number of methoxy groups -OCH3 is 1. The summed E-state index contributed by atoms with van der Waals surface area (Å²) < 4.78 is 5.38. The van der Waals surface area contributed by atoms with Crippen molar-refractivity contribution in [3.63, 3.8) is 0 Å². The molecule has 2 heterocycles. The number of hydrogen-bond donors (Lipinski definition) is 0. The Balaban J connectivity index is 1.59. The molecule has 1 amide bonds. The van der Waals surface area contributed by atoms with Crippen molar-refractivity contribution < 1.29 is 9.53 Å². The highest BCUT2D eigenvalue weighted by atomic mass is 16.5. The van der Waals surface area contributed by atoms with Crippen LogP contribution in [-0.4, -0.2) is 55.0 Å². The first kappa shape index (κ1) is 22.0. The number of likely N-dealkylation sites (tertiary alicyclic amines) is 1. The number of piperidine rings is 1. The number of ether oxygens (including phenoxy) is 1. The Morgan fingerprint density at radius 1 is 1.06 bits per heavy atom. The van der Waals surface area contributed by atoms with Crippen LogP contribution in [0.25, 0.3) is 11.1 Å². The van der Waals surface area contributed by atoms with Gasteiger partial charge >= 0.3 is 0 Å². The lowest BCUT2D eigenvalue weighted by atomic mass is 9.75. The molecule has 5 nitrogen and oxygen atoms in total. The molecule has 4 rings (SSSR count). The van der Waals surface area contributed by atoms with E-state index in [1.165, 1.54) is 11.1 Å². The lowest BCUT2D eigenvalue weighted by Crippen LogP contribution is -2.54. The molecule has 1 aromatic heterocycles. The number of pyridine rings is 1. The summed E-state index contributed by atoms with van der Waals surface area (Å²) in [6, 6.07) is 22.6. The van der Waals surface area contributed by atoms with Crippen LogP contribution in [0.5, 0.6) is 5.75 Å². The highest BCUT2D eigenvalue weighted by Crippen LogP contribution is 2.35. The maximum Gasteiger partial charge on any atom is 0.235 e. The molecule has 1 atom stereocenters. The number of amides is 1. The van der Waals surface area contributed by atoms with Gasteiger partial charge in [-0.1, -0.05) is 36.4 Å². The molecule has 0 aliphatic carbocycles. The van der Waals surface area contributed by atoms with Crippen molar-refractivity contribution in [1.29, 1.82) is 0 Å². The number of nitrogens with zero attached hydrogens (tertiary/aromatic N) is 3. The molecule has 0 spiro atoms. The number of carbonyl (C=O) groups is 1. The predicted molar refractivity (Wildman–Crippen MR) is 128 cm³/mol. The second kappa shape index (κ2) is 9.53. The van der Waals surface area contributed by atoms with Crippen LogP contribution < -0.4 is 4.74 Å². The maximum atomic E-state index is 13.4. The summed E-state index contributed by atoms with van der Waals surface area (Å²) in [6.45, 7) is 2.44. The van der Waals surface area contributed by atoms with Crippen molar-refractivity contribution in [2.45, 2.75) is 24.8 Å². The molecule has 32 heavy (non-hydrogen) atoms. The Morgan fingerprint density at radius 3 is 2.56 bits per heavy atom. The van der Waals surface area contributed by atoms with Gasteiger partial charge in [-0.25, -0.2) is 0 Å². The van der Waals surface area contributed by atoms with Crippen LogP contribution in [0.4, 0.5) is 0 Å². The molecule has 1 saturated heterocycles. The van der Waals surface area contributed by atoms with Crippen molar-refractivity contribution in [3.8, 4) is 16.9 Å². The number of carbonyl (C=O) groups excluding carboxylic acids is 1. The zero-order chi connectivity index (χ0) is 22.6. The van der Waals surface area contributed by atoms with Crippen LogP contribution in [0.2, 0.25) is 0 Å². The molecule has 0 radical (unpaired) electrons. The van der Waals surface area contributed by atoms with E-state index in [1.807, 2.05) is 44.4 Å². The van der Waals surface area contributed by atoms with Gasteiger partial charge in [0, 0.05) is 33.4 Å². The first-order valence-corrected chi connectivity index (χ1v) is 11.1. The van der Waals surface area contributed by atoms with Gasteiger partial charge in [0.05, 0.1) is 12.8 Å². The standard InChI is InChI=1S/C27H31N3O2/c1-29(2)26(31)27(25-13-4-5-15-28-25)14-8-16-30(20-27)19-21-9-6-10-22(17-21)23-11-7-12-24(18-23)32-3/h4-7,9-13,15,17-18H,8,14,16,19-20H2,1-3H3. The molecular weight excluding hydrogens is 398 g/mol. The number of aromatic nitrogens is 1. The van der Waals surface area contributed by atoms with E-state index in [0.29, 0.717) is 6.54 Å². The molecule has 5 heteroatoms. The molecule has 3 aromatic rings. The van der Waals surface area contributed by atoms with E-state index in [2.05, 4.69) is 46.3 Å². The number of likely N-dealkylation sites (N-methyl/N-ethyl adjacent to an activating group) is 1. The maximum absolute atomic E-state index is 13.4. The Morgan fingerprint density at radius 2 is 1.84 bits per heavy atom. The van der Waals surface area contributed by atoms with Crippen LogP contribution in [0.1, 0.15) is 24.1 Å². The zero-order valence-electron chi connectivity index (χ0n) is 19.1. The SMILES string of the molecule is COc1cccc(-c2cccc(CN3CCCC(C(=O)N(C)C)(c4ccccn4)C3)c2)c1. The molecule has 2 aromatic carbocycles. The fraction of sp³-hybridized carbons (Fsp3) is 0.333. The van der Waals surface area contributed by atoms with Gasteiger partial charge in [-0.15, -0.1) is 0 Å².